The predicted octanol–water partition coefficient (Wildman–Crippen LogP) is 3.29. The van der Waals surface area contributed by atoms with Gasteiger partial charge in [0.15, 0.2) is 0 Å². The third-order valence-corrected chi connectivity index (χ3v) is 3.62. The first-order chi connectivity index (χ1) is 8.15. The fourth-order valence-corrected chi connectivity index (χ4v) is 2.49. The summed E-state index contributed by atoms with van der Waals surface area (Å²) >= 11 is 6.05. The molecule has 0 radical (unpaired) electrons. The van der Waals surface area contributed by atoms with Gasteiger partial charge < -0.3 is 9.88 Å². The summed E-state index contributed by atoms with van der Waals surface area (Å²) in [5, 5.41) is 5.50. The average molecular weight is 251 g/mol. The topological polar surface area (TPSA) is 17.0 Å². The Balaban J connectivity index is 2.44. The Labute approximate surface area is 108 Å². The second kappa shape index (κ2) is 5.11. The predicted molar refractivity (Wildman–Crippen MR) is 74.9 cm³/mol. The summed E-state index contributed by atoms with van der Waals surface area (Å²) in [5.41, 5.74) is 3.99. The van der Waals surface area contributed by atoms with Crippen LogP contribution >= 0.6 is 11.6 Å². The Kier molecular flexibility index (Phi) is 3.75. The molecule has 1 heterocycles. The molecule has 0 aliphatic heterocycles. The molecule has 0 aliphatic carbocycles. The summed E-state index contributed by atoms with van der Waals surface area (Å²) in [6.07, 6.45) is 1.07. The van der Waals surface area contributed by atoms with Gasteiger partial charge in [0.25, 0.3) is 0 Å². The van der Waals surface area contributed by atoms with Gasteiger partial charge >= 0.3 is 0 Å². The van der Waals surface area contributed by atoms with Gasteiger partial charge in [0.05, 0.1) is 0 Å². The SMILES string of the molecule is CCNCCc1c(C)n(C)c2cc(Cl)ccc12. The molecule has 0 unspecified atom stereocenters. The highest BCUT2D eigenvalue weighted by Gasteiger charge is 2.11. The molecule has 0 aliphatic rings. The van der Waals surface area contributed by atoms with Crippen molar-refractivity contribution in [3.63, 3.8) is 0 Å². The maximum atomic E-state index is 6.05. The van der Waals surface area contributed by atoms with Crippen LogP contribution in [0.5, 0.6) is 0 Å². The molecule has 2 nitrogen and oxygen atoms in total. The molecular formula is C14H19ClN2. The summed E-state index contributed by atoms with van der Waals surface area (Å²) in [5.74, 6) is 0. The quantitative estimate of drug-likeness (QED) is 0.824. The van der Waals surface area contributed by atoms with Gasteiger partial charge in [-0.2, -0.15) is 0 Å². The summed E-state index contributed by atoms with van der Waals surface area (Å²) in [4.78, 5) is 0. The molecule has 2 aromatic rings. The van der Waals surface area contributed by atoms with Gasteiger partial charge in [-0.3, -0.25) is 0 Å². The monoisotopic (exact) mass is 250 g/mol. The number of rotatable bonds is 4. The Morgan fingerprint density at radius 2 is 2.12 bits per heavy atom. The highest BCUT2D eigenvalue weighted by molar-refractivity contribution is 6.31. The largest absolute Gasteiger partial charge is 0.348 e. The van der Waals surface area contributed by atoms with Crippen LogP contribution in [0.4, 0.5) is 0 Å². The minimum atomic E-state index is 0.802. The Bertz CT molecular complexity index is 528. The fraction of sp³-hybridized carbons (Fsp3) is 0.429. The van der Waals surface area contributed by atoms with Crippen molar-refractivity contribution in [2.45, 2.75) is 20.3 Å². The van der Waals surface area contributed by atoms with Crippen molar-refractivity contribution in [2.24, 2.45) is 7.05 Å². The highest BCUT2D eigenvalue weighted by atomic mass is 35.5. The summed E-state index contributed by atoms with van der Waals surface area (Å²) in [7, 11) is 2.10. The molecule has 92 valence electrons. The lowest BCUT2D eigenvalue weighted by Crippen LogP contribution is -2.16. The van der Waals surface area contributed by atoms with Crippen molar-refractivity contribution < 1.29 is 0 Å². The van der Waals surface area contributed by atoms with Crippen molar-refractivity contribution in [2.75, 3.05) is 13.1 Å². The van der Waals surface area contributed by atoms with E-state index >= 15 is 0 Å². The Morgan fingerprint density at radius 1 is 1.35 bits per heavy atom. The lowest BCUT2D eigenvalue weighted by atomic mass is 10.1. The first-order valence-electron chi connectivity index (χ1n) is 6.09. The molecular weight excluding hydrogens is 232 g/mol. The van der Waals surface area contributed by atoms with Crippen LogP contribution in [-0.4, -0.2) is 17.7 Å². The van der Waals surface area contributed by atoms with Crippen LogP contribution in [-0.2, 0) is 13.5 Å². The number of hydrogen-bond donors (Lipinski definition) is 1. The number of benzene rings is 1. The molecule has 2 rings (SSSR count). The van der Waals surface area contributed by atoms with E-state index in [9.17, 15) is 0 Å². The number of hydrogen-bond acceptors (Lipinski definition) is 1. The van der Waals surface area contributed by atoms with Crippen LogP contribution in [0.3, 0.4) is 0 Å². The number of likely N-dealkylation sites (N-methyl/N-ethyl adjacent to an activating group) is 1. The Hall–Kier alpha value is -0.990. The molecule has 17 heavy (non-hydrogen) atoms. The smallest absolute Gasteiger partial charge is 0.0497 e. The summed E-state index contributed by atoms with van der Waals surface area (Å²) < 4.78 is 2.22. The van der Waals surface area contributed by atoms with Crippen molar-refractivity contribution in [1.29, 1.82) is 0 Å². The Morgan fingerprint density at radius 3 is 2.82 bits per heavy atom. The lowest BCUT2D eigenvalue weighted by molar-refractivity contribution is 0.714. The molecule has 0 fully saturated rings. The molecule has 1 N–H and O–H groups in total. The van der Waals surface area contributed by atoms with Crippen LogP contribution in [0.15, 0.2) is 18.2 Å². The molecule has 0 atom stereocenters. The lowest BCUT2D eigenvalue weighted by Gasteiger charge is -2.03. The van der Waals surface area contributed by atoms with E-state index in [4.69, 9.17) is 11.6 Å². The number of fused-ring (bicyclic) bond motifs is 1. The number of nitrogens with one attached hydrogen (secondary N) is 1. The molecule has 1 aromatic heterocycles. The third kappa shape index (κ3) is 2.33. The van der Waals surface area contributed by atoms with E-state index in [1.165, 1.54) is 22.2 Å². The van der Waals surface area contributed by atoms with Crippen molar-refractivity contribution in [1.82, 2.24) is 9.88 Å². The van der Waals surface area contributed by atoms with Crippen LogP contribution in [0.1, 0.15) is 18.2 Å². The van der Waals surface area contributed by atoms with Crippen LogP contribution < -0.4 is 5.32 Å². The molecule has 3 heteroatoms. The van der Waals surface area contributed by atoms with E-state index in [2.05, 4.69) is 36.8 Å². The van der Waals surface area contributed by atoms with E-state index in [-0.39, 0.29) is 0 Å². The average Bonchev–Trinajstić information content (AvgIpc) is 2.54. The number of nitrogens with zero attached hydrogens (tertiary/aromatic N) is 1. The molecule has 0 amide bonds. The van der Waals surface area contributed by atoms with Crippen LogP contribution in [0.2, 0.25) is 5.02 Å². The maximum Gasteiger partial charge on any atom is 0.0497 e. The zero-order valence-corrected chi connectivity index (χ0v) is 11.4. The number of aryl methyl sites for hydroxylation is 1. The molecule has 0 saturated carbocycles. The zero-order chi connectivity index (χ0) is 12.4. The molecule has 0 saturated heterocycles. The van der Waals surface area contributed by atoms with E-state index in [0.29, 0.717) is 0 Å². The van der Waals surface area contributed by atoms with E-state index in [1.54, 1.807) is 0 Å². The zero-order valence-electron chi connectivity index (χ0n) is 10.7. The van der Waals surface area contributed by atoms with Gasteiger partial charge in [-0.15, -0.1) is 0 Å². The van der Waals surface area contributed by atoms with Crippen molar-refractivity contribution in [3.8, 4) is 0 Å². The van der Waals surface area contributed by atoms with Gasteiger partial charge in [-0.05, 0) is 44.1 Å². The fourth-order valence-electron chi connectivity index (χ4n) is 2.32. The van der Waals surface area contributed by atoms with E-state index in [0.717, 1.165) is 24.5 Å². The second-order valence-corrected chi connectivity index (χ2v) is 4.82. The highest BCUT2D eigenvalue weighted by Crippen LogP contribution is 2.27. The third-order valence-electron chi connectivity index (χ3n) is 3.39. The van der Waals surface area contributed by atoms with Crippen LogP contribution in [0, 0.1) is 6.92 Å². The summed E-state index contributed by atoms with van der Waals surface area (Å²) in [6.45, 7) is 6.36. The molecule has 1 aromatic carbocycles. The minimum absolute atomic E-state index is 0.802. The first kappa shape index (κ1) is 12.5. The first-order valence-corrected chi connectivity index (χ1v) is 6.47. The van der Waals surface area contributed by atoms with Gasteiger partial charge in [0.1, 0.15) is 0 Å². The standard InChI is InChI=1S/C14H19ClN2/c1-4-16-8-7-12-10(2)17(3)14-9-11(15)5-6-13(12)14/h5-6,9,16H,4,7-8H2,1-3H3. The molecule has 0 spiro atoms. The van der Waals surface area contributed by atoms with Gasteiger partial charge in [0, 0.05) is 28.7 Å². The van der Waals surface area contributed by atoms with Gasteiger partial charge in [-0.1, -0.05) is 24.6 Å². The second-order valence-electron chi connectivity index (χ2n) is 4.39. The van der Waals surface area contributed by atoms with Crippen molar-refractivity contribution >= 4 is 22.5 Å². The molecule has 0 bridgehead atoms. The maximum absolute atomic E-state index is 6.05. The van der Waals surface area contributed by atoms with Crippen molar-refractivity contribution in [3.05, 3.63) is 34.5 Å². The summed E-state index contributed by atoms with van der Waals surface area (Å²) in [6, 6.07) is 6.15. The van der Waals surface area contributed by atoms with Gasteiger partial charge in [0.2, 0.25) is 0 Å². The van der Waals surface area contributed by atoms with E-state index in [1.807, 2.05) is 12.1 Å². The van der Waals surface area contributed by atoms with E-state index < -0.39 is 0 Å². The number of halogens is 1. The minimum Gasteiger partial charge on any atom is -0.348 e. The van der Waals surface area contributed by atoms with Crippen LogP contribution in [0.25, 0.3) is 10.9 Å². The number of aromatic nitrogens is 1. The van der Waals surface area contributed by atoms with Gasteiger partial charge in [-0.25, -0.2) is 0 Å². The normalized spacial score (nSPS) is 11.3.